The van der Waals surface area contributed by atoms with Gasteiger partial charge in [0.05, 0.1) is 23.7 Å². The second kappa shape index (κ2) is 9.96. The molecule has 0 radical (unpaired) electrons. The van der Waals surface area contributed by atoms with Crippen molar-refractivity contribution in [1.82, 2.24) is 0 Å². The lowest BCUT2D eigenvalue weighted by Crippen LogP contribution is -2.54. The van der Waals surface area contributed by atoms with E-state index in [1.807, 2.05) is 19.4 Å². The molecule has 0 heterocycles. The number of fused-ring (bicyclic) bond motifs is 4. The molecule has 0 unspecified atom stereocenters. The van der Waals surface area contributed by atoms with Crippen LogP contribution in [0.2, 0.25) is 0 Å². The molecule has 2 fully saturated rings. The number of allylic oxidation sites excluding steroid dienone is 4. The number of carbonyl (C=O) groups excluding carboxylic acids is 1. The van der Waals surface area contributed by atoms with Gasteiger partial charge in [0, 0.05) is 38.2 Å². The number of nitrogens with zero attached hydrogens (tertiary/aromatic N) is 1. The molecule has 36 heavy (non-hydrogen) atoms. The predicted molar refractivity (Wildman–Crippen MR) is 148 cm³/mol. The molecular formula is C30H38N2O3S. The molecule has 0 amide bonds. The highest BCUT2D eigenvalue weighted by Gasteiger charge is 2.63. The van der Waals surface area contributed by atoms with Gasteiger partial charge in [-0.25, -0.2) is 0 Å². The second-order valence-corrected chi connectivity index (χ2v) is 11.8. The number of aliphatic imine (C=N–C) groups is 1. The van der Waals surface area contributed by atoms with Crippen LogP contribution in [0, 0.1) is 17.3 Å². The fourth-order valence-corrected chi connectivity index (χ4v) is 8.03. The summed E-state index contributed by atoms with van der Waals surface area (Å²) < 4.78 is 12.1. The van der Waals surface area contributed by atoms with E-state index >= 15 is 0 Å². The molecule has 1 aromatic rings. The van der Waals surface area contributed by atoms with Crippen LogP contribution >= 0.6 is 12.2 Å². The third-order valence-corrected chi connectivity index (χ3v) is 9.75. The number of rotatable bonds is 7. The zero-order valence-corrected chi connectivity index (χ0v) is 22.5. The zero-order chi connectivity index (χ0) is 25.5. The summed E-state index contributed by atoms with van der Waals surface area (Å²) in [5.74, 6) is 1.67. The van der Waals surface area contributed by atoms with Gasteiger partial charge in [-0.3, -0.25) is 9.79 Å². The first-order chi connectivity index (χ1) is 17.3. The second-order valence-electron chi connectivity index (χ2n) is 11.3. The van der Waals surface area contributed by atoms with Crippen molar-refractivity contribution >= 4 is 29.2 Å². The van der Waals surface area contributed by atoms with Crippen molar-refractivity contribution in [3.8, 4) is 0 Å². The Kier molecular flexibility index (Phi) is 7.05. The van der Waals surface area contributed by atoms with Crippen molar-refractivity contribution in [3.05, 3.63) is 58.2 Å². The maximum atomic E-state index is 12.3. The van der Waals surface area contributed by atoms with E-state index < -0.39 is 0 Å². The average molecular weight is 507 g/mol. The van der Waals surface area contributed by atoms with Crippen LogP contribution in [0.1, 0.15) is 68.9 Å². The highest BCUT2D eigenvalue weighted by Crippen LogP contribution is 2.67. The van der Waals surface area contributed by atoms with Crippen LogP contribution in [-0.2, 0) is 14.3 Å². The maximum Gasteiger partial charge on any atom is 0.156 e. The maximum absolute atomic E-state index is 12.3. The lowest BCUT2D eigenvalue weighted by atomic mass is 9.51. The summed E-state index contributed by atoms with van der Waals surface area (Å²) in [5, 5.41) is 0. The molecule has 4 aliphatic carbocycles. The number of hydrogen-bond donors (Lipinski definition) is 1. The Balaban J connectivity index is 1.58. The number of nitrogens with two attached hydrogens (primary N) is 1. The summed E-state index contributed by atoms with van der Waals surface area (Å²) in [6, 6.07) is 8.80. The van der Waals surface area contributed by atoms with E-state index in [4.69, 9.17) is 27.4 Å². The number of ketones is 1. The molecule has 2 saturated carbocycles. The standard InChI is InChI=1S/C30H38N2O3S/c1-29-15-25(20-6-4-19(5-7-20)16-32-17-27(31)36)28-23-11-9-22(33)14-21(23)8-10-24(28)26(29)12-13-30(29,35-3)18-34-2/h4-7,14,16,24-26H,8-13,15,17-18H2,1-3H3,(H2,31,36)/t24-,25+,26-,29-,30+/m0/s1. The lowest BCUT2D eigenvalue weighted by Gasteiger charge is -2.55. The van der Waals surface area contributed by atoms with E-state index in [0.717, 1.165) is 44.1 Å². The molecule has 0 saturated heterocycles. The minimum atomic E-state index is -0.271. The van der Waals surface area contributed by atoms with Crippen LogP contribution in [-0.4, -0.2) is 50.0 Å². The summed E-state index contributed by atoms with van der Waals surface area (Å²) in [6.07, 6.45) is 10.6. The largest absolute Gasteiger partial charge is 0.392 e. The van der Waals surface area contributed by atoms with Crippen LogP contribution in [0.25, 0.3) is 0 Å². The first-order valence-electron chi connectivity index (χ1n) is 13.2. The minimum absolute atomic E-state index is 0.0137. The molecule has 5 atom stereocenters. The first-order valence-corrected chi connectivity index (χ1v) is 13.6. The van der Waals surface area contributed by atoms with Crippen molar-refractivity contribution < 1.29 is 14.3 Å². The van der Waals surface area contributed by atoms with Crippen molar-refractivity contribution in [2.75, 3.05) is 27.4 Å². The normalized spacial score (nSPS) is 33.8. The Morgan fingerprint density at radius 1 is 1.19 bits per heavy atom. The summed E-state index contributed by atoms with van der Waals surface area (Å²) in [4.78, 5) is 17.0. The van der Waals surface area contributed by atoms with E-state index in [1.54, 1.807) is 12.7 Å². The molecule has 0 aromatic heterocycles. The molecule has 0 spiro atoms. The molecular weight excluding hydrogens is 468 g/mol. The number of carbonyl (C=O) groups is 1. The van der Waals surface area contributed by atoms with E-state index in [0.29, 0.717) is 42.3 Å². The number of benzene rings is 1. The van der Waals surface area contributed by atoms with Crippen LogP contribution in [0.5, 0.6) is 0 Å². The Morgan fingerprint density at radius 3 is 2.67 bits per heavy atom. The fraction of sp³-hybridized carbons (Fsp3) is 0.567. The topological polar surface area (TPSA) is 73.9 Å². The number of ether oxygens (including phenoxy) is 2. The number of methoxy groups -OCH3 is 2. The molecule has 192 valence electrons. The van der Waals surface area contributed by atoms with Gasteiger partial charge in [-0.2, -0.15) is 0 Å². The Bertz CT molecular complexity index is 1140. The first kappa shape index (κ1) is 25.5. The van der Waals surface area contributed by atoms with E-state index in [1.165, 1.54) is 16.7 Å². The molecule has 2 N–H and O–H groups in total. The van der Waals surface area contributed by atoms with E-state index in [2.05, 4.69) is 36.2 Å². The highest BCUT2D eigenvalue weighted by atomic mass is 32.1. The summed E-state index contributed by atoms with van der Waals surface area (Å²) in [7, 11) is 3.66. The molecule has 4 aliphatic rings. The van der Waals surface area contributed by atoms with Gasteiger partial charge in [-0.15, -0.1) is 0 Å². The monoisotopic (exact) mass is 506 g/mol. The lowest BCUT2D eigenvalue weighted by molar-refractivity contribution is -0.149. The van der Waals surface area contributed by atoms with E-state index in [-0.39, 0.29) is 16.8 Å². The quantitative estimate of drug-likeness (QED) is 0.400. The Labute approximate surface area is 220 Å². The SMILES string of the molecule is COC[C@]1(OC)CC[C@H]2[C@@H]3CCC4=CC(=O)CCC4=C3[C@@H](c3ccc(C=NCC(N)=S)cc3)C[C@@]21C. The molecule has 0 bridgehead atoms. The van der Waals surface area contributed by atoms with Gasteiger partial charge in [0.1, 0.15) is 0 Å². The average Bonchev–Trinajstić information content (AvgIpc) is 3.15. The molecule has 5 rings (SSSR count). The summed E-state index contributed by atoms with van der Waals surface area (Å²) in [6.45, 7) is 3.44. The smallest absolute Gasteiger partial charge is 0.156 e. The van der Waals surface area contributed by atoms with Gasteiger partial charge in [0.2, 0.25) is 0 Å². The number of thiocarbonyl (C=S) groups is 1. The zero-order valence-electron chi connectivity index (χ0n) is 21.7. The molecule has 6 heteroatoms. The Morgan fingerprint density at radius 2 is 1.97 bits per heavy atom. The minimum Gasteiger partial charge on any atom is -0.392 e. The van der Waals surface area contributed by atoms with Crippen LogP contribution in [0.3, 0.4) is 0 Å². The van der Waals surface area contributed by atoms with Crippen molar-refractivity contribution in [3.63, 3.8) is 0 Å². The third kappa shape index (κ3) is 4.21. The van der Waals surface area contributed by atoms with Gasteiger partial charge in [0.15, 0.2) is 5.78 Å². The van der Waals surface area contributed by atoms with E-state index in [9.17, 15) is 4.79 Å². The highest BCUT2D eigenvalue weighted by molar-refractivity contribution is 7.80. The van der Waals surface area contributed by atoms with Gasteiger partial charge in [-0.05, 0) is 78.7 Å². The fourth-order valence-electron chi connectivity index (χ4n) is 7.96. The molecule has 1 aromatic carbocycles. The van der Waals surface area contributed by atoms with Crippen molar-refractivity contribution in [2.24, 2.45) is 28.0 Å². The van der Waals surface area contributed by atoms with Crippen molar-refractivity contribution in [1.29, 1.82) is 0 Å². The van der Waals surface area contributed by atoms with Crippen LogP contribution in [0.15, 0.2) is 52.1 Å². The van der Waals surface area contributed by atoms with Crippen molar-refractivity contribution in [2.45, 2.75) is 63.4 Å². The molecule has 5 nitrogen and oxygen atoms in total. The predicted octanol–water partition coefficient (Wildman–Crippen LogP) is 5.32. The summed E-state index contributed by atoms with van der Waals surface area (Å²) in [5.41, 5.74) is 12.1. The van der Waals surface area contributed by atoms with Gasteiger partial charge < -0.3 is 15.2 Å². The van der Waals surface area contributed by atoms with Gasteiger partial charge in [0.25, 0.3) is 0 Å². The Hall–Kier alpha value is -2.15. The van der Waals surface area contributed by atoms with Crippen LogP contribution < -0.4 is 5.73 Å². The third-order valence-electron chi connectivity index (χ3n) is 9.62. The molecule has 0 aliphatic heterocycles. The van der Waals surface area contributed by atoms with Crippen LogP contribution in [0.4, 0.5) is 0 Å². The number of hydrogen-bond acceptors (Lipinski definition) is 5. The van der Waals surface area contributed by atoms with Gasteiger partial charge in [-0.1, -0.05) is 49.0 Å². The van der Waals surface area contributed by atoms with Gasteiger partial charge >= 0.3 is 0 Å². The summed E-state index contributed by atoms with van der Waals surface area (Å²) >= 11 is 4.93.